The van der Waals surface area contributed by atoms with Gasteiger partial charge in [0.05, 0.1) is 24.0 Å². The molecular formula is C70H107N13O14S3. The molecule has 4 rings (SSSR count). The molecule has 554 valence electrons. The van der Waals surface area contributed by atoms with Crippen molar-refractivity contribution in [2.24, 2.45) is 17.4 Å². The number of phenols is 1. The van der Waals surface area contributed by atoms with Gasteiger partial charge in [0.25, 0.3) is 0 Å². The minimum Gasteiger partial charge on any atom is -0.508 e. The zero-order valence-corrected chi connectivity index (χ0v) is 60.9. The van der Waals surface area contributed by atoms with Crippen molar-refractivity contribution in [1.29, 1.82) is 0 Å². The molecule has 15 N–H and O–H groups in total. The molecule has 11 amide bonds. The van der Waals surface area contributed by atoms with Gasteiger partial charge in [-0.3, -0.25) is 62.4 Å². The number of thioether (sulfide) groups is 3. The molecule has 1 fully saturated rings. The Hall–Kier alpha value is -7.70. The molecule has 0 spiro atoms. The quantitative estimate of drug-likeness (QED) is 0.0278. The average molecular weight is 1450 g/mol. The summed E-state index contributed by atoms with van der Waals surface area (Å²) in [6, 6.07) is 3.80. The van der Waals surface area contributed by atoms with Crippen molar-refractivity contribution in [2.45, 2.75) is 222 Å². The molecule has 2 heterocycles. The Kier molecular flexibility index (Phi) is 40.2. The van der Waals surface area contributed by atoms with Gasteiger partial charge in [-0.05, 0) is 91.7 Å². The fourth-order valence-corrected chi connectivity index (χ4v) is 13.3. The van der Waals surface area contributed by atoms with Gasteiger partial charge in [-0.2, -0.15) is 23.5 Å². The van der Waals surface area contributed by atoms with Crippen LogP contribution in [0.25, 0.3) is 0 Å². The molecule has 1 aliphatic heterocycles. The molecule has 0 aliphatic carbocycles. The number of likely N-dealkylation sites (tertiary alicyclic amines) is 1. The van der Waals surface area contributed by atoms with Gasteiger partial charge in [0, 0.05) is 56.4 Å². The fourth-order valence-electron chi connectivity index (χ4n) is 11.2. The van der Waals surface area contributed by atoms with Gasteiger partial charge in [0.2, 0.25) is 65.0 Å². The van der Waals surface area contributed by atoms with Crippen LogP contribution in [0.15, 0.2) is 67.1 Å². The minimum atomic E-state index is -1.83. The molecule has 3 aromatic rings. The molecule has 100 heavy (non-hydrogen) atoms. The van der Waals surface area contributed by atoms with Gasteiger partial charge in [-0.1, -0.05) is 140 Å². The highest BCUT2D eigenvalue weighted by molar-refractivity contribution is 8.00. The van der Waals surface area contributed by atoms with E-state index in [9.17, 15) is 67.7 Å². The van der Waals surface area contributed by atoms with Crippen LogP contribution in [0, 0.1) is 5.92 Å². The molecule has 1 saturated heterocycles. The summed E-state index contributed by atoms with van der Waals surface area (Å²) in [5.41, 5.74) is 13.7. The Morgan fingerprint density at radius 2 is 1.10 bits per heavy atom. The lowest BCUT2D eigenvalue weighted by atomic mass is 10.0. The Labute approximate surface area is 600 Å². The van der Waals surface area contributed by atoms with Crippen LogP contribution in [0.5, 0.6) is 5.75 Å². The van der Waals surface area contributed by atoms with E-state index in [2.05, 4.69) is 59.4 Å². The maximum atomic E-state index is 14.7. The smallest absolute Gasteiger partial charge is 0.305 e. The Morgan fingerprint density at radius 3 is 1.64 bits per heavy atom. The molecule has 27 nitrogen and oxygen atoms in total. The second kappa shape index (κ2) is 47.4. The number of rotatable bonds is 52. The first kappa shape index (κ1) is 84.7. The van der Waals surface area contributed by atoms with Crippen molar-refractivity contribution in [3.8, 4) is 5.75 Å². The van der Waals surface area contributed by atoms with E-state index >= 15 is 0 Å². The predicted molar refractivity (Wildman–Crippen MR) is 388 cm³/mol. The highest BCUT2D eigenvalue weighted by atomic mass is 32.2. The molecule has 1 unspecified atom stereocenters. The molecule has 0 radical (unpaired) electrons. The van der Waals surface area contributed by atoms with Crippen LogP contribution in [0.3, 0.4) is 0 Å². The van der Waals surface area contributed by atoms with Gasteiger partial charge < -0.3 is 69.2 Å². The number of primary amides is 1. The molecule has 0 saturated carbocycles. The lowest BCUT2D eigenvalue weighted by Crippen LogP contribution is -2.61. The number of carboxylic acids is 1. The number of hydrogen-bond donors (Lipinski definition) is 13. The Bertz CT molecular complexity index is 3060. The number of aromatic nitrogens is 2. The molecule has 0 bridgehead atoms. The summed E-state index contributed by atoms with van der Waals surface area (Å²) in [4.78, 5) is 172. The van der Waals surface area contributed by atoms with Crippen molar-refractivity contribution in [2.75, 3.05) is 42.9 Å². The zero-order chi connectivity index (χ0) is 73.4. The van der Waals surface area contributed by atoms with Crippen molar-refractivity contribution in [1.82, 2.24) is 57.4 Å². The molecule has 9 atom stereocenters. The number of aromatic hydroxyl groups is 1. The average Bonchev–Trinajstić information content (AvgIpc) is 1.85. The number of phenolic OH excluding ortho intramolecular Hbond substituents is 1. The number of nitrogens with one attached hydrogen (secondary N) is 9. The van der Waals surface area contributed by atoms with Crippen LogP contribution in [-0.2, 0) is 76.8 Å². The number of unbranched alkanes of at least 4 members (excludes halogenated alkanes) is 12. The van der Waals surface area contributed by atoms with E-state index < -0.39 is 125 Å². The highest BCUT2D eigenvalue weighted by Crippen LogP contribution is 2.26. The van der Waals surface area contributed by atoms with E-state index in [1.807, 2.05) is 6.26 Å². The maximum Gasteiger partial charge on any atom is 0.305 e. The number of imide groups is 1. The van der Waals surface area contributed by atoms with Gasteiger partial charge in [-0.15, -0.1) is 11.8 Å². The first-order valence-corrected chi connectivity index (χ1v) is 38.7. The largest absolute Gasteiger partial charge is 0.508 e. The van der Waals surface area contributed by atoms with E-state index in [1.54, 1.807) is 62.6 Å². The number of H-pyrrole nitrogens is 1. The first-order valence-electron chi connectivity index (χ1n) is 34.8. The second-order valence-corrected chi connectivity index (χ2v) is 28.9. The summed E-state index contributed by atoms with van der Waals surface area (Å²) in [5, 5.41) is 40.0. The van der Waals surface area contributed by atoms with Crippen LogP contribution >= 0.6 is 35.3 Å². The number of amides is 11. The monoisotopic (exact) mass is 1450 g/mol. The van der Waals surface area contributed by atoms with Crippen LogP contribution in [0.4, 0.5) is 0 Å². The number of carbonyl (C=O) groups excluding carboxylic acids is 11. The van der Waals surface area contributed by atoms with Crippen molar-refractivity contribution < 1.29 is 67.7 Å². The first-order chi connectivity index (χ1) is 47.9. The summed E-state index contributed by atoms with van der Waals surface area (Å²) in [5.74, 6) is -9.45. The summed E-state index contributed by atoms with van der Waals surface area (Å²) in [6.45, 7) is 6.09. The third kappa shape index (κ3) is 32.7. The van der Waals surface area contributed by atoms with Crippen molar-refractivity contribution in [3.05, 3.63) is 83.9 Å². The number of nitrogens with zero attached hydrogens (tertiary/aromatic N) is 2. The highest BCUT2D eigenvalue weighted by Gasteiger charge is 2.40. The predicted octanol–water partition coefficient (Wildman–Crippen LogP) is 4.22. The second-order valence-electron chi connectivity index (χ2n) is 25.7. The standard InChI is InChI=1S/C70H107N13O14S3/c1-6-7-8-9-10-11-12-13-14-15-16-17-21-25-59(85)74-32-22-33-83-60(86)41-58(70(83)97)100-43-57(62(72)89)82-69(96)56(40-61(87)88)81-65(92)52(31-35-99-5)77-66(93)53(36-45(2)3)78-68(95)55(39-48-42-73-44-75-48)80-67(94)54(38-46-23-19-18-20-24-46)79-64(91)51(30-34-98-4)76-63(90)50(71)37-47-26-28-49(84)29-27-47/h18-20,23-24,26-29,42,44-45,50-58,84H,6-17,21-22,25,30-41,43,71H2,1-5H3,(H2,72,89)(H,73,75)(H,74,85)(H,76,90)(H,77,93)(H,78,95)(H,79,91)(H,80,94)(H,81,92)(H,82,96)(H,87,88)/t50-,51+,52-,53-,54-,55-,56-,57-,58?/m0/s1. The van der Waals surface area contributed by atoms with Gasteiger partial charge in [-0.25, -0.2) is 4.98 Å². The van der Waals surface area contributed by atoms with Gasteiger partial charge in [0.1, 0.15) is 48.0 Å². The van der Waals surface area contributed by atoms with Crippen LogP contribution in [0.2, 0.25) is 0 Å². The molecule has 2 aromatic carbocycles. The molecular weight excluding hydrogens is 1340 g/mol. The van der Waals surface area contributed by atoms with Crippen LogP contribution in [-0.4, -0.2) is 192 Å². The maximum absolute atomic E-state index is 14.7. The summed E-state index contributed by atoms with van der Waals surface area (Å²) >= 11 is 3.62. The third-order valence-corrected chi connectivity index (χ3v) is 19.4. The number of aromatic amines is 1. The Balaban J connectivity index is 1.39. The lowest BCUT2D eigenvalue weighted by Gasteiger charge is -2.28. The van der Waals surface area contributed by atoms with Crippen LogP contribution in [0.1, 0.15) is 166 Å². The number of benzene rings is 2. The molecule has 1 aliphatic rings. The minimum absolute atomic E-state index is 0.00205. The summed E-state index contributed by atoms with van der Waals surface area (Å²) in [7, 11) is 0. The topological polar surface area (TPSA) is 425 Å². The lowest BCUT2D eigenvalue weighted by molar-refractivity contribution is -0.141. The normalized spacial score (nSPS) is 15.3. The van der Waals surface area contributed by atoms with Crippen LogP contribution < -0.4 is 54.0 Å². The van der Waals surface area contributed by atoms with Gasteiger partial charge >= 0.3 is 5.97 Å². The van der Waals surface area contributed by atoms with Gasteiger partial charge in [0.15, 0.2) is 0 Å². The third-order valence-electron chi connectivity index (χ3n) is 16.8. The number of imidazole rings is 1. The number of carbonyl (C=O) groups is 12. The number of carboxylic acid groups (broad SMARTS) is 1. The number of aliphatic carboxylic acids is 1. The van der Waals surface area contributed by atoms with Crippen molar-refractivity contribution in [3.63, 3.8) is 0 Å². The fraction of sp³-hybridized carbons (Fsp3) is 0.614. The van der Waals surface area contributed by atoms with Crippen molar-refractivity contribution >= 4 is 106 Å². The van der Waals surface area contributed by atoms with E-state index in [1.165, 1.54) is 106 Å². The van der Waals surface area contributed by atoms with E-state index in [4.69, 9.17) is 11.5 Å². The summed E-state index contributed by atoms with van der Waals surface area (Å²) < 4.78 is 0. The number of nitrogens with two attached hydrogens (primary N) is 2. The Morgan fingerprint density at radius 1 is 0.610 bits per heavy atom. The SMILES string of the molecule is CCCCCCCCCCCCCCCC(=O)NCCCN1C(=O)CC(SC[C@H](NC(=O)[C@H](CC(=O)O)NC(=O)[C@H](CCSC)NC(=O)[C@H](CC(C)C)NC(=O)[C@H](Cc2cnc[nH]2)NC(=O)[C@H](Cc2ccccc2)NC(=O)[C@@H](CCSC)NC(=O)[C@@H](N)Cc2ccc(O)cc2)C(N)=O)C1=O. The number of hydrogen-bond acceptors (Lipinski definition) is 18. The van der Waals surface area contributed by atoms with E-state index in [0.717, 1.165) is 42.3 Å². The molecule has 1 aromatic heterocycles. The molecule has 30 heteroatoms. The zero-order valence-electron chi connectivity index (χ0n) is 58.5. The van der Waals surface area contributed by atoms with E-state index in [-0.39, 0.29) is 87.1 Å². The van der Waals surface area contributed by atoms with E-state index in [0.29, 0.717) is 35.4 Å². The summed E-state index contributed by atoms with van der Waals surface area (Å²) in [6.07, 6.45) is 21.4.